The Hall–Kier alpha value is -0.870. The van der Waals surface area contributed by atoms with Crippen molar-refractivity contribution in [2.45, 2.75) is 37.8 Å². The van der Waals surface area contributed by atoms with Gasteiger partial charge in [-0.2, -0.15) is 0 Å². The van der Waals surface area contributed by atoms with Crippen LogP contribution in [-0.4, -0.2) is 26.0 Å². The van der Waals surface area contributed by atoms with Crippen molar-refractivity contribution >= 4 is 9.84 Å². The summed E-state index contributed by atoms with van der Waals surface area (Å²) >= 11 is 0. The molecule has 0 aromatic heterocycles. The summed E-state index contributed by atoms with van der Waals surface area (Å²) in [6.45, 7) is 0. The Balaban J connectivity index is 1.72. The van der Waals surface area contributed by atoms with Gasteiger partial charge in [0, 0.05) is 12.1 Å². The summed E-state index contributed by atoms with van der Waals surface area (Å²) in [7, 11) is -2.83. The van der Waals surface area contributed by atoms with Crippen LogP contribution in [0.3, 0.4) is 0 Å². The summed E-state index contributed by atoms with van der Waals surface area (Å²) < 4.78 is 23.4. The molecule has 2 aliphatic rings. The molecule has 1 aliphatic carbocycles. The van der Waals surface area contributed by atoms with E-state index in [1.165, 1.54) is 18.4 Å². The first-order chi connectivity index (χ1) is 9.14. The normalized spacial score (nSPS) is 27.9. The highest BCUT2D eigenvalue weighted by molar-refractivity contribution is 7.91. The van der Waals surface area contributed by atoms with E-state index in [4.69, 9.17) is 0 Å². The predicted molar refractivity (Wildman–Crippen MR) is 76.7 cm³/mol. The van der Waals surface area contributed by atoms with Gasteiger partial charge in [-0.1, -0.05) is 30.3 Å². The summed E-state index contributed by atoms with van der Waals surface area (Å²) in [4.78, 5) is 0. The van der Waals surface area contributed by atoms with Crippen LogP contribution in [0.25, 0.3) is 0 Å². The third-order valence-corrected chi connectivity index (χ3v) is 5.95. The smallest absolute Gasteiger partial charge is 0.151 e. The van der Waals surface area contributed by atoms with Gasteiger partial charge < -0.3 is 5.32 Å². The van der Waals surface area contributed by atoms with Gasteiger partial charge in [-0.05, 0) is 37.2 Å². The maximum Gasteiger partial charge on any atom is 0.151 e. The van der Waals surface area contributed by atoms with Gasteiger partial charge in [-0.25, -0.2) is 8.42 Å². The monoisotopic (exact) mass is 279 g/mol. The molecule has 0 radical (unpaired) electrons. The first kappa shape index (κ1) is 13.1. The van der Waals surface area contributed by atoms with E-state index in [1.807, 2.05) is 6.07 Å². The maximum atomic E-state index is 11.7. The van der Waals surface area contributed by atoms with Gasteiger partial charge in [0.1, 0.15) is 0 Å². The maximum absolute atomic E-state index is 11.7. The van der Waals surface area contributed by atoms with Gasteiger partial charge in [0.25, 0.3) is 0 Å². The molecule has 1 N–H and O–H groups in total. The fourth-order valence-corrected chi connectivity index (χ4v) is 4.65. The Morgan fingerprint density at radius 3 is 2.47 bits per heavy atom. The summed E-state index contributed by atoms with van der Waals surface area (Å²) in [6.07, 6.45) is 4.29. The molecule has 1 heterocycles. The number of sulfone groups is 1. The zero-order valence-corrected chi connectivity index (χ0v) is 11.9. The molecule has 104 valence electrons. The van der Waals surface area contributed by atoms with Gasteiger partial charge in [-0.3, -0.25) is 0 Å². The van der Waals surface area contributed by atoms with E-state index < -0.39 is 9.84 Å². The molecule has 1 aliphatic heterocycles. The molecule has 2 unspecified atom stereocenters. The van der Waals surface area contributed by atoms with E-state index in [1.54, 1.807) is 0 Å². The first-order valence-corrected chi connectivity index (χ1v) is 8.98. The SMILES string of the molecule is O=S1(=O)CCCC(NC(c2ccccc2)C2CC2)C1. The van der Waals surface area contributed by atoms with Crippen LogP contribution in [0.1, 0.15) is 37.3 Å². The van der Waals surface area contributed by atoms with Crippen LogP contribution in [0.5, 0.6) is 0 Å². The lowest BCUT2D eigenvalue weighted by Crippen LogP contribution is -2.42. The highest BCUT2D eigenvalue weighted by atomic mass is 32.2. The minimum atomic E-state index is -2.83. The van der Waals surface area contributed by atoms with Crippen LogP contribution in [-0.2, 0) is 9.84 Å². The fourth-order valence-electron chi connectivity index (χ4n) is 3.00. The predicted octanol–water partition coefficient (Wildman–Crippen LogP) is 2.30. The van der Waals surface area contributed by atoms with Crippen LogP contribution < -0.4 is 5.32 Å². The molecular formula is C15H21NO2S. The molecule has 2 atom stereocenters. The number of benzene rings is 1. The van der Waals surface area contributed by atoms with Crippen molar-refractivity contribution in [2.24, 2.45) is 5.92 Å². The Labute approximate surface area is 115 Å². The number of hydrogen-bond donors (Lipinski definition) is 1. The van der Waals surface area contributed by atoms with Crippen molar-refractivity contribution in [1.29, 1.82) is 0 Å². The molecule has 3 nitrogen and oxygen atoms in total. The third kappa shape index (κ3) is 3.37. The van der Waals surface area contributed by atoms with Crippen LogP contribution >= 0.6 is 0 Å². The molecule has 1 saturated heterocycles. The molecule has 0 amide bonds. The topological polar surface area (TPSA) is 46.2 Å². The van der Waals surface area contributed by atoms with Crippen molar-refractivity contribution < 1.29 is 8.42 Å². The zero-order valence-electron chi connectivity index (χ0n) is 11.1. The molecule has 19 heavy (non-hydrogen) atoms. The zero-order chi connectivity index (χ0) is 13.3. The lowest BCUT2D eigenvalue weighted by atomic mass is 10.0. The van der Waals surface area contributed by atoms with Crippen molar-refractivity contribution in [3.05, 3.63) is 35.9 Å². The highest BCUT2D eigenvalue weighted by Crippen LogP contribution is 2.41. The quantitative estimate of drug-likeness (QED) is 0.920. The Bertz CT molecular complexity index is 522. The van der Waals surface area contributed by atoms with Crippen LogP contribution in [0.15, 0.2) is 30.3 Å². The summed E-state index contributed by atoms with van der Waals surface area (Å²) in [6, 6.07) is 10.9. The molecule has 0 bridgehead atoms. The summed E-state index contributed by atoms with van der Waals surface area (Å²) in [5.74, 6) is 1.36. The second-order valence-electron chi connectivity index (χ2n) is 5.85. The van der Waals surface area contributed by atoms with E-state index >= 15 is 0 Å². The highest BCUT2D eigenvalue weighted by Gasteiger charge is 2.35. The second kappa shape index (κ2) is 5.25. The Morgan fingerprint density at radius 1 is 1.11 bits per heavy atom. The fraction of sp³-hybridized carbons (Fsp3) is 0.600. The number of rotatable bonds is 4. The van der Waals surface area contributed by atoms with E-state index in [9.17, 15) is 8.42 Å². The molecule has 2 fully saturated rings. The summed E-state index contributed by atoms with van der Waals surface area (Å²) in [5.41, 5.74) is 1.30. The number of nitrogens with one attached hydrogen (secondary N) is 1. The van der Waals surface area contributed by atoms with Crippen LogP contribution in [0.2, 0.25) is 0 Å². The average Bonchev–Trinajstić information content (AvgIpc) is 3.20. The Kier molecular flexibility index (Phi) is 3.63. The van der Waals surface area contributed by atoms with Crippen molar-refractivity contribution in [3.8, 4) is 0 Å². The molecular weight excluding hydrogens is 258 g/mol. The van der Waals surface area contributed by atoms with E-state index in [2.05, 4.69) is 29.6 Å². The second-order valence-corrected chi connectivity index (χ2v) is 8.07. The third-order valence-electron chi connectivity index (χ3n) is 4.13. The van der Waals surface area contributed by atoms with E-state index in [-0.39, 0.29) is 6.04 Å². The van der Waals surface area contributed by atoms with Gasteiger partial charge in [0.05, 0.1) is 11.5 Å². The molecule has 0 spiro atoms. The van der Waals surface area contributed by atoms with Crippen LogP contribution in [0, 0.1) is 5.92 Å². The van der Waals surface area contributed by atoms with E-state index in [0.29, 0.717) is 23.5 Å². The molecule has 1 aromatic rings. The number of hydrogen-bond acceptors (Lipinski definition) is 3. The van der Waals surface area contributed by atoms with Gasteiger partial charge in [-0.15, -0.1) is 0 Å². The lowest BCUT2D eigenvalue weighted by Gasteiger charge is -2.29. The van der Waals surface area contributed by atoms with Gasteiger partial charge >= 0.3 is 0 Å². The Morgan fingerprint density at radius 2 is 1.84 bits per heavy atom. The standard InChI is InChI=1S/C15H21NO2S/c17-19(18)10-4-7-14(11-19)16-15(13-8-9-13)12-5-2-1-3-6-12/h1-3,5-6,13-16H,4,7-11H2. The van der Waals surface area contributed by atoms with Crippen LogP contribution in [0.4, 0.5) is 0 Å². The molecule has 1 aromatic carbocycles. The first-order valence-electron chi connectivity index (χ1n) is 7.15. The molecule has 4 heteroatoms. The van der Waals surface area contributed by atoms with Crippen molar-refractivity contribution in [1.82, 2.24) is 5.32 Å². The van der Waals surface area contributed by atoms with Gasteiger partial charge in [0.2, 0.25) is 0 Å². The summed E-state index contributed by atoms with van der Waals surface area (Å²) in [5, 5.41) is 3.61. The minimum absolute atomic E-state index is 0.129. The minimum Gasteiger partial charge on any atom is -0.306 e. The molecule has 3 rings (SSSR count). The van der Waals surface area contributed by atoms with Crippen molar-refractivity contribution in [3.63, 3.8) is 0 Å². The average molecular weight is 279 g/mol. The molecule has 1 saturated carbocycles. The van der Waals surface area contributed by atoms with Gasteiger partial charge in [0.15, 0.2) is 9.84 Å². The largest absolute Gasteiger partial charge is 0.306 e. The van der Waals surface area contributed by atoms with Crippen molar-refractivity contribution in [2.75, 3.05) is 11.5 Å². The van der Waals surface area contributed by atoms with E-state index in [0.717, 1.165) is 12.8 Å². The lowest BCUT2D eigenvalue weighted by molar-refractivity contribution is 0.393.